The van der Waals surface area contributed by atoms with E-state index in [0.29, 0.717) is 0 Å². The minimum absolute atomic E-state index is 0.970. The highest BCUT2D eigenvalue weighted by Crippen LogP contribution is 2.24. The highest BCUT2D eigenvalue weighted by molar-refractivity contribution is 5.88. The molecule has 1 N–H and O–H groups in total. The number of hydrogen-bond acceptors (Lipinski definition) is 2. The van der Waals surface area contributed by atoms with Gasteiger partial charge in [0.05, 0.1) is 6.54 Å². The number of hydrogen-bond donors (Lipinski definition) is 1. The molecule has 9 heteroatoms. The molecule has 0 saturated carbocycles. The highest BCUT2D eigenvalue weighted by atomic mass is 19.2. The molecule has 1 aromatic carbocycles. The SMILES string of the molecule is [N-]=[N+]=NCc1c(F)c(F)c(C(=O)O)c(F)c1F. The van der Waals surface area contributed by atoms with Crippen molar-refractivity contribution in [3.8, 4) is 0 Å². The van der Waals surface area contributed by atoms with Crippen molar-refractivity contribution < 1.29 is 27.5 Å². The van der Waals surface area contributed by atoms with Crippen LogP contribution in [0, 0.1) is 23.3 Å². The second-order valence-electron chi connectivity index (χ2n) is 2.80. The van der Waals surface area contributed by atoms with Crippen molar-refractivity contribution in [1.29, 1.82) is 0 Å². The summed E-state index contributed by atoms with van der Waals surface area (Å²) in [6, 6.07) is 0. The van der Waals surface area contributed by atoms with E-state index in [2.05, 4.69) is 10.0 Å². The quantitative estimate of drug-likeness (QED) is 0.293. The minimum Gasteiger partial charge on any atom is -0.477 e. The summed E-state index contributed by atoms with van der Waals surface area (Å²) < 4.78 is 52.5. The van der Waals surface area contributed by atoms with Crippen LogP contribution in [0.1, 0.15) is 15.9 Å². The van der Waals surface area contributed by atoms with Gasteiger partial charge in [-0.25, -0.2) is 22.4 Å². The van der Waals surface area contributed by atoms with E-state index in [4.69, 9.17) is 10.6 Å². The fraction of sp³-hybridized carbons (Fsp3) is 0.125. The predicted molar refractivity (Wildman–Crippen MR) is 46.1 cm³/mol. The summed E-state index contributed by atoms with van der Waals surface area (Å²) in [6.07, 6.45) is 0. The lowest BCUT2D eigenvalue weighted by molar-refractivity contribution is 0.0683. The largest absolute Gasteiger partial charge is 0.477 e. The standard InChI is InChI=1S/C8H3F4N3O2/c9-4-2(1-14-15-13)5(10)7(12)3(6(4)11)8(16)17/h1H2,(H,16,17). The van der Waals surface area contributed by atoms with E-state index in [1.54, 1.807) is 0 Å². The lowest BCUT2D eigenvalue weighted by Gasteiger charge is -2.07. The fourth-order valence-electron chi connectivity index (χ4n) is 1.11. The zero-order chi connectivity index (χ0) is 13.2. The lowest BCUT2D eigenvalue weighted by atomic mass is 10.1. The van der Waals surface area contributed by atoms with Gasteiger partial charge in [-0.15, -0.1) is 0 Å². The van der Waals surface area contributed by atoms with E-state index in [9.17, 15) is 22.4 Å². The molecule has 5 nitrogen and oxygen atoms in total. The van der Waals surface area contributed by atoms with Gasteiger partial charge < -0.3 is 5.11 Å². The van der Waals surface area contributed by atoms with Gasteiger partial charge in [-0.1, -0.05) is 5.11 Å². The van der Waals surface area contributed by atoms with Crippen LogP contribution in [0.15, 0.2) is 5.11 Å². The van der Waals surface area contributed by atoms with Gasteiger partial charge in [-0.05, 0) is 5.53 Å². The normalized spacial score (nSPS) is 9.88. The Bertz CT molecular complexity index is 511. The molecule has 0 aliphatic heterocycles. The Morgan fingerprint density at radius 3 is 2.00 bits per heavy atom. The molecule has 0 fully saturated rings. The highest BCUT2D eigenvalue weighted by Gasteiger charge is 2.28. The number of halogens is 4. The molecule has 0 aromatic heterocycles. The van der Waals surface area contributed by atoms with Gasteiger partial charge in [-0.3, -0.25) is 0 Å². The molecule has 0 radical (unpaired) electrons. The van der Waals surface area contributed by atoms with Crippen LogP contribution in [-0.4, -0.2) is 11.1 Å². The molecular formula is C8H3F4N3O2. The minimum atomic E-state index is -2.15. The zero-order valence-corrected chi connectivity index (χ0v) is 7.92. The second-order valence-corrected chi connectivity index (χ2v) is 2.80. The summed E-state index contributed by atoms with van der Waals surface area (Å²) in [4.78, 5) is 12.5. The number of aromatic carboxylic acids is 1. The van der Waals surface area contributed by atoms with Crippen molar-refractivity contribution in [2.75, 3.05) is 0 Å². The molecule has 0 saturated heterocycles. The molecular weight excluding hydrogens is 246 g/mol. The summed E-state index contributed by atoms with van der Waals surface area (Å²) in [7, 11) is 0. The van der Waals surface area contributed by atoms with Crippen LogP contribution < -0.4 is 0 Å². The first kappa shape index (κ1) is 12.8. The van der Waals surface area contributed by atoms with Gasteiger partial charge in [0.2, 0.25) is 0 Å². The number of azide groups is 1. The number of nitrogens with zero attached hydrogens (tertiary/aromatic N) is 3. The Balaban J connectivity index is 3.57. The average Bonchev–Trinajstić information content (AvgIpc) is 2.26. The zero-order valence-electron chi connectivity index (χ0n) is 7.92. The predicted octanol–water partition coefficient (Wildman–Crippen LogP) is 2.75. The maximum absolute atomic E-state index is 13.2. The summed E-state index contributed by atoms with van der Waals surface area (Å²) in [5, 5.41) is 11.1. The van der Waals surface area contributed by atoms with Crippen LogP contribution in [-0.2, 0) is 6.54 Å². The van der Waals surface area contributed by atoms with Gasteiger partial charge in [0.15, 0.2) is 23.3 Å². The smallest absolute Gasteiger partial charge is 0.341 e. The topological polar surface area (TPSA) is 86.1 Å². The maximum Gasteiger partial charge on any atom is 0.341 e. The van der Waals surface area contributed by atoms with Crippen LogP contribution in [0.25, 0.3) is 10.4 Å². The van der Waals surface area contributed by atoms with Crippen molar-refractivity contribution in [3.05, 3.63) is 44.8 Å². The first-order chi connectivity index (χ1) is 7.91. The lowest BCUT2D eigenvalue weighted by Crippen LogP contribution is -2.12. The van der Waals surface area contributed by atoms with Crippen LogP contribution >= 0.6 is 0 Å². The average molecular weight is 249 g/mol. The first-order valence-corrected chi connectivity index (χ1v) is 4.00. The van der Waals surface area contributed by atoms with E-state index in [0.717, 1.165) is 0 Å². The van der Waals surface area contributed by atoms with E-state index in [1.807, 2.05) is 0 Å². The molecule has 0 amide bonds. The van der Waals surface area contributed by atoms with E-state index < -0.39 is 46.9 Å². The van der Waals surface area contributed by atoms with Crippen molar-refractivity contribution in [2.45, 2.75) is 6.54 Å². The Morgan fingerprint density at radius 2 is 1.65 bits per heavy atom. The van der Waals surface area contributed by atoms with Crippen molar-refractivity contribution in [2.24, 2.45) is 5.11 Å². The molecule has 0 atom stereocenters. The Morgan fingerprint density at radius 1 is 1.18 bits per heavy atom. The summed E-state index contributed by atoms with van der Waals surface area (Å²) in [5.74, 6) is -10.0. The molecule has 17 heavy (non-hydrogen) atoms. The fourth-order valence-corrected chi connectivity index (χ4v) is 1.11. The Labute approximate surface area is 90.9 Å². The third-order valence-electron chi connectivity index (χ3n) is 1.86. The van der Waals surface area contributed by atoms with Crippen LogP contribution in [0.4, 0.5) is 17.6 Å². The van der Waals surface area contributed by atoms with E-state index >= 15 is 0 Å². The molecule has 1 rings (SSSR count). The van der Waals surface area contributed by atoms with Crippen molar-refractivity contribution >= 4 is 5.97 Å². The van der Waals surface area contributed by atoms with Crippen LogP contribution in [0.3, 0.4) is 0 Å². The third-order valence-corrected chi connectivity index (χ3v) is 1.86. The Kier molecular flexibility index (Phi) is 3.54. The molecule has 0 unspecified atom stereocenters. The van der Waals surface area contributed by atoms with Crippen molar-refractivity contribution in [1.82, 2.24) is 0 Å². The summed E-state index contributed by atoms with van der Waals surface area (Å²) in [5.41, 5.74) is 5.03. The number of carboxylic acids is 1. The van der Waals surface area contributed by atoms with Gasteiger partial charge in [0.25, 0.3) is 0 Å². The first-order valence-electron chi connectivity index (χ1n) is 4.00. The Hall–Kier alpha value is -2.28. The molecule has 0 spiro atoms. The van der Waals surface area contributed by atoms with Crippen LogP contribution in [0.2, 0.25) is 0 Å². The molecule has 90 valence electrons. The summed E-state index contributed by atoms with van der Waals surface area (Å²) in [6.45, 7) is -0.970. The van der Waals surface area contributed by atoms with Crippen molar-refractivity contribution in [3.63, 3.8) is 0 Å². The third kappa shape index (κ3) is 2.13. The second kappa shape index (κ2) is 4.71. The summed E-state index contributed by atoms with van der Waals surface area (Å²) >= 11 is 0. The van der Waals surface area contributed by atoms with E-state index in [1.165, 1.54) is 0 Å². The number of rotatable bonds is 3. The number of carbonyl (C=O) groups is 1. The molecule has 0 aliphatic rings. The van der Waals surface area contributed by atoms with Gasteiger partial charge in [-0.2, -0.15) is 0 Å². The van der Waals surface area contributed by atoms with Gasteiger partial charge in [0.1, 0.15) is 5.56 Å². The van der Waals surface area contributed by atoms with Gasteiger partial charge in [0, 0.05) is 10.5 Å². The van der Waals surface area contributed by atoms with Crippen LogP contribution in [0.5, 0.6) is 0 Å². The molecule has 1 aromatic rings. The molecule has 0 aliphatic carbocycles. The molecule has 0 bridgehead atoms. The monoisotopic (exact) mass is 249 g/mol. The van der Waals surface area contributed by atoms with Gasteiger partial charge >= 0.3 is 5.97 Å². The number of carboxylic acid groups (broad SMARTS) is 1. The van der Waals surface area contributed by atoms with E-state index in [-0.39, 0.29) is 0 Å². The maximum atomic E-state index is 13.2. The molecule has 0 heterocycles. The number of benzene rings is 1.